The number of hydrogen-bond donors (Lipinski definition) is 2. The average Bonchev–Trinajstić information content (AvgIpc) is 3.16. The van der Waals surface area contributed by atoms with Crippen molar-refractivity contribution in [3.05, 3.63) is 58.4 Å². The topological polar surface area (TPSA) is 76.5 Å². The van der Waals surface area contributed by atoms with Gasteiger partial charge in [0.2, 0.25) is 0 Å². The largest absolute Gasteiger partial charge is 0.390 e. The lowest BCUT2D eigenvalue weighted by atomic mass is 10.1. The maximum absolute atomic E-state index is 12.6. The molecule has 0 saturated heterocycles. The molecule has 3 aromatic heterocycles. The van der Waals surface area contributed by atoms with Gasteiger partial charge in [0.15, 0.2) is 0 Å². The van der Waals surface area contributed by atoms with Crippen molar-refractivity contribution in [2.75, 3.05) is 5.32 Å². The standard InChI is InChI=1S/C20H22ClN5O2/c1-20(2,28)6-8-26-17-10-13(4-5-16(17)24(3)19(26)27)23-15-11-18-22-7-9-25(18)12-14(15)21/h4-5,7,9-12,23,28H,6,8H2,1-3H3. The Bertz CT molecular complexity index is 1230. The van der Waals surface area contributed by atoms with Crippen molar-refractivity contribution >= 4 is 39.7 Å². The van der Waals surface area contributed by atoms with Crippen LogP contribution < -0.4 is 11.0 Å². The first-order chi connectivity index (χ1) is 13.2. The van der Waals surface area contributed by atoms with E-state index >= 15 is 0 Å². The molecule has 0 amide bonds. The lowest BCUT2D eigenvalue weighted by Gasteiger charge is -2.17. The zero-order chi connectivity index (χ0) is 20.1. The minimum Gasteiger partial charge on any atom is -0.390 e. The van der Waals surface area contributed by atoms with Crippen molar-refractivity contribution in [2.45, 2.75) is 32.4 Å². The minimum atomic E-state index is -0.843. The van der Waals surface area contributed by atoms with E-state index in [0.29, 0.717) is 18.0 Å². The molecule has 4 rings (SSSR count). The molecule has 0 aliphatic rings. The maximum Gasteiger partial charge on any atom is 0.328 e. The number of aryl methyl sites for hydroxylation is 2. The van der Waals surface area contributed by atoms with Crippen molar-refractivity contribution in [3.63, 3.8) is 0 Å². The van der Waals surface area contributed by atoms with Crippen LogP contribution in [0.25, 0.3) is 16.7 Å². The van der Waals surface area contributed by atoms with Gasteiger partial charge in [0.25, 0.3) is 0 Å². The van der Waals surface area contributed by atoms with Crippen molar-refractivity contribution in [1.82, 2.24) is 18.5 Å². The normalized spacial score (nSPS) is 12.2. The summed E-state index contributed by atoms with van der Waals surface area (Å²) in [4.78, 5) is 16.9. The quantitative estimate of drug-likeness (QED) is 0.538. The molecule has 0 saturated carbocycles. The molecule has 0 aliphatic carbocycles. The van der Waals surface area contributed by atoms with Crippen LogP contribution in [0.4, 0.5) is 11.4 Å². The summed E-state index contributed by atoms with van der Waals surface area (Å²) in [6.07, 6.45) is 5.83. The summed E-state index contributed by atoms with van der Waals surface area (Å²) >= 11 is 6.39. The zero-order valence-electron chi connectivity index (χ0n) is 16.0. The lowest BCUT2D eigenvalue weighted by molar-refractivity contribution is 0.0662. The summed E-state index contributed by atoms with van der Waals surface area (Å²) in [6, 6.07) is 7.61. The fourth-order valence-electron chi connectivity index (χ4n) is 3.28. The van der Waals surface area contributed by atoms with E-state index in [-0.39, 0.29) is 5.69 Å². The Kier molecular flexibility index (Phi) is 4.44. The Balaban J connectivity index is 1.73. The molecule has 7 nitrogen and oxygen atoms in total. The van der Waals surface area contributed by atoms with Gasteiger partial charge in [-0.25, -0.2) is 9.78 Å². The Labute approximate surface area is 166 Å². The number of halogens is 1. The predicted octanol–water partition coefficient (Wildman–Crippen LogP) is 3.55. The smallest absolute Gasteiger partial charge is 0.328 e. The Hall–Kier alpha value is -2.77. The molecule has 0 spiro atoms. The molecule has 3 heterocycles. The van der Waals surface area contributed by atoms with Gasteiger partial charge in [0.05, 0.1) is 27.3 Å². The third-order valence-electron chi connectivity index (χ3n) is 4.85. The van der Waals surface area contributed by atoms with Gasteiger partial charge in [-0.3, -0.25) is 9.13 Å². The number of benzene rings is 1. The van der Waals surface area contributed by atoms with E-state index in [4.69, 9.17) is 11.6 Å². The van der Waals surface area contributed by atoms with Crippen molar-refractivity contribution < 1.29 is 5.11 Å². The SMILES string of the molecule is Cn1c(=O)n(CCC(C)(C)O)c2cc(Nc3cc4nccn4cc3Cl)ccc21. The van der Waals surface area contributed by atoms with Gasteiger partial charge in [0.1, 0.15) is 5.65 Å². The summed E-state index contributed by atoms with van der Waals surface area (Å²) < 4.78 is 5.16. The van der Waals surface area contributed by atoms with E-state index in [2.05, 4.69) is 10.3 Å². The number of nitrogens with one attached hydrogen (secondary N) is 1. The van der Waals surface area contributed by atoms with E-state index in [0.717, 1.165) is 28.1 Å². The highest BCUT2D eigenvalue weighted by Gasteiger charge is 2.17. The maximum atomic E-state index is 12.6. The summed E-state index contributed by atoms with van der Waals surface area (Å²) in [6.45, 7) is 3.91. The second-order valence-corrected chi connectivity index (χ2v) is 8.02. The molecule has 0 bridgehead atoms. The fraction of sp³-hybridized carbons (Fsp3) is 0.300. The summed E-state index contributed by atoms with van der Waals surface area (Å²) in [5, 5.41) is 13.9. The van der Waals surface area contributed by atoms with Crippen LogP contribution in [0.1, 0.15) is 20.3 Å². The van der Waals surface area contributed by atoms with Gasteiger partial charge in [-0.1, -0.05) is 11.6 Å². The van der Waals surface area contributed by atoms with Gasteiger partial charge < -0.3 is 14.8 Å². The number of pyridine rings is 1. The van der Waals surface area contributed by atoms with Gasteiger partial charge in [-0.05, 0) is 38.5 Å². The molecule has 0 unspecified atom stereocenters. The van der Waals surface area contributed by atoms with E-state index in [1.165, 1.54) is 0 Å². The summed E-state index contributed by atoms with van der Waals surface area (Å²) in [7, 11) is 1.75. The number of aliphatic hydroxyl groups is 1. The molecule has 28 heavy (non-hydrogen) atoms. The fourth-order valence-corrected chi connectivity index (χ4v) is 3.48. The third kappa shape index (κ3) is 3.39. The van der Waals surface area contributed by atoms with Crippen LogP contribution >= 0.6 is 11.6 Å². The van der Waals surface area contributed by atoms with Crippen LogP contribution in [-0.2, 0) is 13.6 Å². The molecule has 4 aromatic rings. The second-order valence-electron chi connectivity index (χ2n) is 7.61. The van der Waals surface area contributed by atoms with Crippen LogP contribution in [0, 0.1) is 0 Å². The average molecular weight is 400 g/mol. The van der Waals surface area contributed by atoms with Gasteiger partial charge >= 0.3 is 5.69 Å². The Morgan fingerprint density at radius 2 is 2.04 bits per heavy atom. The second kappa shape index (κ2) is 6.68. The van der Waals surface area contributed by atoms with E-state index < -0.39 is 5.60 Å². The van der Waals surface area contributed by atoms with Crippen molar-refractivity contribution in [2.24, 2.45) is 7.05 Å². The van der Waals surface area contributed by atoms with E-state index in [9.17, 15) is 9.90 Å². The van der Waals surface area contributed by atoms with Crippen LogP contribution in [0.5, 0.6) is 0 Å². The molecule has 0 aliphatic heterocycles. The summed E-state index contributed by atoms with van der Waals surface area (Å²) in [5.74, 6) is 0. The first-order valence-electron chi connectivity index (χ1n) is 9.04. The number of anilines is 2. The molecule has 0 atom stereocenters. The molecule has 2 N–H and O–H groups in total. The Morgan fingerprint density at radius 3 is 2.79 bits per heavy atom. The molecular weight excluding hydrogens is 378 g/mol. The molecule has 1 aromatic carbocycles. The number of imidazole rings is 2. The monoisotopic (exact) mass is 399 g/mol. The number of nitrogens with zero attached hydrogens (tertiary/aromatic N) is 4. The molecule has 8 heteroatoms. The third-order valence-corrected chi connectivity index (χ3v) is 5.15. The van der Waals surface area contributed by atoms with E-state index in [1.807, 2.05) is 34.9 Å². The number of aromatic nitrogens is 4. The highest BCUT2D eigenvalue weighted by Crippen LogP contribution is 2.28. The van der Waals surface area contributed by atoms with Crippen LogP contribution in [-0.4, -0.2) is 29.2 Å². The number of fused-ring (bicyclic) bond motifs is 2. The van der Waals surface area contributed by atoms with Crippen molar-refractivity contribution in [1.29, 1.82) is 0 Å². The predicted molar refractivity (Wildman–Crippen MR) is 112 cm³/mol. The van der Waals surface area contributed by atoms with Crippen LogP contribution in [0.15, 0.2) is 47.7 Å². The van der Waals surface area contributed by atoms with Crippen LogP contribution in [0.2, 0.25) is 5.02 Å². The molecule has 0 fully saturated rings. The van der Waals surface area contributed by atoms with Crippen LogP contribution in [0.3, 0.4) is 0 Å². The first kappa shape index (κ1) is 18.6. The minimum absolute atomic E-state index is 0.103. The number of hydrogen-bond acceptors (Lipinski definition) is 4. The molecular formula is C20H22ClN5O2. The van der Waals surface area contributed by atoms with Gasteiger partial charge in [0, 0.05) is 43.9 Å². The first-order valence-corrected chi connectivity index (χ1v) is 9.42. The molecule has 146 valence electrons. The van der Waals surface area contributed by atoms with E-state index in [1.54, 1.807) is 42.4 Å². The molecule has 0 radical (unpaired) electrons. The summed E-state index contributed by atoms with van der Waals surface area (Å²) in [5.41, 5.74) is 3.03. The highest BCUT2D eigenvalue weighted by atomic mass is 35.5. The zero-order valence-corrected chi connectivity index (χ0v) is 16.7. The van der Waals surface area contributed by atoms with Gasteiger partial charge in [-0.15, -0.1) is 0 Å². The Morgan fingerprint density at radius 1 is 1.25 bits per heavy atom. The highest BCUT2D eigenvalue weighted by molar-refractivity contribution is 6.33. The number of rotatable bonds is 5. The lowest BCUT2D eigenvalue weighted by Crippen LogP contribution is -2.27. The van der Waals surface area contributed by atoms with Crippen molar-refractivity contribution in [3.8, 4) is 0 Å². The van der Waals surface area contributed by atoms with Gasteiger partial charge in [-0.2, -0.15) is 0 Å².